The first-order chi connectivity index (χ1) is 13.8. The van der Waals surface area contributed by atoms with Crippen LogP contribution in [0.1, 0.15) is 5.56 Å². The number of likely N-dealkylation sites (N-methyl/N-ethyl adjacent to an activating group) is 1. The molecular weight excluding hydrogens is 512 g/mol. The van der Waals surface area contributed by atoms with Crippen LogP contribution in [0.4, 0.5) is 24.7 Å². The number of nitrogens with one attached hydrogen (secondary N) is 1. The van der Waals surface area contributed by atoms with Gasteiger partial charge in [-0.25, -0.2) is 9.98 Å². The quantitative estimate of drug-likeness (QED) is 0.347. The van der Waals surface area contributed by atoms with Gasteiger partial charge in [0, 0.05) is 43.6 Å². The lowest BCUT2D eigenvalue weighted by atomic mass is 10.2. The molecule has 1 aliphatic rings. The normalized spacial score (nSPS) is 15.5. The van der Waals surface area contributed by atoms with Crippen LogP contribution in [0.5, 0.6) is 5.75 Å². The van der Waals surface area contributed by atoms with Crippen LogP contribution >= 0.6 is 24.0 Å². The summed E-state index contributed by atoms with van der Waals surface area (Å²) in [6, 6.07) is 9.09. The van der Waals surface area contributed by atoms with Crippen LogP contribution in [0.2, 0.25) is 0 Å². The Hall–Kier alpha value is -2.28. The zero-order valence-corrected chi connectivity index (χ0v) is 18.7. The maximum atomic E-state index is 12.2. The molecule has 30 heavy (non-hydrogen) atoms. The number of guanidine groups is 1. The van der Waals surface area contributed by atoms with Crippen molar-refractivity contribution in [2.45, 2.75) is 12.9 Å². The van der Waals surface area contributed by atoms with Crippen molar-refractivity contribution in [3.8, 4) is 5.75 Å². The van der Waals surface area contributed by atoms with Crippen LogP contribution in [0, 0.1) is 0 Å². The molecule has 0 saturated carbocycles. The molecule has 1 fully saturated rings. The third-order valence-electron chi connectivity index (χ3n) is 4.45. The van der Waals surface area contributed by atoms with Crippen molar-refractivity contribution in [2.24, 2.45) is 10.7 Å². The molecule has 1 aromatic carbocycles. The Kier molecular flexibility index (Phi) is 8.53. The molecule has 1 aliphatic heterocycles. The SMILES string of the molecule is CN1CCN(c2ncccc2CN=C(N)Nc2ccc(OC(F)(F)F)cc2)CC1.I. The maximum absolute atomic E-state index is 12.2. The van der Waals surface area contributed by atoms with Crippen LogP contribution < -0.4 is 20.7 Å². The Morgan fingerprint density at radius 3 is 2.47 bits per heavy atom. The van der Waals surface area contributed by atoms with Crippen molar-refractivity contribution in [3.05, 3.63) is 48.2 Å². The summed E-state index contributed by atoms with van der Waals surface area (Å²) in [5.74, 6) is 0.749. The molecule has 164 valence electrons. The second-order valence-electron chi connectivity index (χ2n) is 6.68. The van der Waals surface area contributed by atoms with Gasteiger partial charge in [0.1, 0.15) is 11.6 Å². The first kappa shape index (κ1) is 24.0. The van der Waals surface area contributed by atoms with Crippen molar-refractivity contribution >= 4 is 41.4 Å². The van der Waals surface area contributed by atoms with Gasteiger partial charge >= 0.3 is 6.36 Å². The fourth-order valence-electron chi connectivity index (χ4n) is 2.95. The molecule has 0 unspecified atom stereocenters. The maximum Gasteiger partial charge on any atom is 0.573 e. The van der Waals surface area contributed by atoms with E-state index in [1.165, 1.54) is 24.3 Å². The summed E-state index contributed by atoms with van der Waals surface area (Å²) in [5, 5.41) is 2.86. The second-order valence-corrected chi connectivity index (χ2v) is 6.68. The summed E-state index contributed by atoms with van der Waals surface area (Å²) >= 11 is 0. The predicted molar refractivity (Wildman–Crippen MR) is 121 cm³/mol. The number of aliphatic imine (C=N–C) groups is 1. The Balaban J connectivity index is 0.00000320. The molecule has 3 N–H and O–H groups in total. The van der Waals surface area contributed by atoms with E-state index in [2.05, 4.69) is 36.9 Å². The molecule has 0 radical (unpaired) electrons. The van der Waals surface area contributed by atoms with E-state index in [9.17, 15) is 13.2 Å². The van der Waals surface area contributed by atoms with E-state index in [0.717, 1.165) is 37.6 Å². The number of nitrogens with two attached hydrogens (primary N) is 1. The highest BCUT2D eigenvalue weighted by Crippen LogP contribution is 2.24. The van der Waals surface area contributed by atoms with Gasteiger partial charge in [-0.2, -0.15) is 0 Å². The van der Waals surface area contributed by atoms with Crippen LogP contribution in [0.25, 0.3) is 0 Å². The summed E-state index contributed by atoms with van der Waals surface area (Å²) in [6.45, 7) is 4.06. The summed E-state index contributed by atoms with van der Waals surface area (Å²) in [5.41, 5.74) is 7.39. The van der Waals surface area contributed by atoms with E-state index in [1.54, 1.807) is 6.20 Å². The molecule has 1 saturated heterocycles. The third kappa shape index (κ3) is 7.20. The minimum Gasteiger partial charge on any atom is -0.406 e. The Labute approximate surface area is 190 Å². The molecular formula is C19H24F3IN6O. The van der Waals surface area contributed by atoms with Crippen LogP contribution in [-0.2, 0) is 6.54 Å². The van der Waals surface area contributed by atoms with Crippen LogP contribution in [-0.4, -0.2) is 55.4 Å². The van der Waals surface area contributed by atoms with Gasteiger partial charge in [-0.1, -0.05) is 6.07 Å². The predicted octanol–water partition coefficient (Wildman–Crippen LogP) is 3.28. The molecule has 0 bridgehead atoms. The average molecular weight is 536 g/mol. The van der Waals surface area contributed by atoms with Gasteiger partial charge in [0.25, 0.3) is 0 Å². The third-order valence-corrected chi connectivity index (χ3v) is 4.45. The number of rotatable bonds is 5. The average Bonchev–Trinajstić information content (AvgIpc) is 2.68. The Morgan fingerprint density at radius 1 is 1.17 bits per heavy atom. The van der Waals surface area contributed by atoms with Gasteiger partial charge in [0.2, 0.25) is 0 Å². The number of hydrogen-bond acceptors (Lipinski definition) is 5. The lowest BCUT2D eigenvalue weighted by Gasteiger charge is -2.34. The van der Waals surface area contributed by atoms with Crippen molar-refractivity contribution in [2.75, 3.05) is 43.4 Å². The van der Waals surface area contributed by atoms with Gasteiger partial charge in [0.15, 0.2) is 5.96 Å². The minimum absolute atomic E-state index is 0. The molecule has 0 amide bonds. The number of nitrogens with zero attached hydrogens (tertiary/aromatic N) is 4. The molecule has 0 aliphatic carbocycles. The number of halogens is 4. The van der Waals surface area contributed by atoms with Crippen molar-refractivity contribution in [1.82, 2.24) is 9.88 Å². The van der Waals surface area contributed by atoms with Gasteiger partial charge < -0.3 is 25.6 Å². The molecule has 2 heterocycles. The zero-order valence-electron chi connectivity index (χ0n) is 16.4. The number of pyridine rings is 1. The zero-order chi connectivity index (χ0) is 20.9. The number of hydrogen-bond donors (Lipinski definition) is 2. The van der Waals surface area contributed by atoms with Gasteiger partial charge in [0.05, 0.1) is 6.54 Å². The second kappa shape index (κ2) is 10.7. The molecule has 7 nitrogen and oxygen atoms in total. The van der Waals surface area contributed by atoms with E-state index in [-0.39, 0.29) is 35.7 Å². The number of benzene rings is 1. The van der Waals surface area contributed by atoms with E-state index in [1.807, 2.05) is 12.1 Å². The highest BCUT2D eigenvalue weighted by molar-refractivity contribution is 14.0. The van der Waals surface area contributed by atoms with Gasteiger partial charge in [-0.3, -0.25) is 0 Å². The van der Waals surface area contributed by atoms with E-state index in [4.69, 9.17) is 5.73 Å². The standard InChI is InChI=1S/C19H23F3N6O.HI/c1-27-9-11-28(12-10-27)17-14(3-2-8-24-17)13-25-18(23)26-15-4-6-16(7-5-15)29-19(20,21)22;/h2-8H,9-13H2,1H3,(H3,23,25,26);1H. The first-order valence-electron chi connectivity index (χ1n) is 9.10. The van der Waals surface area contributed by atoms with Crippen molar-refractivity contribution in [1.29, 1.82) is 0 Å². The number of aromatic nitrogens is 1. The van der Waals surface area contributed by atoms with E-state index in [0.29, 0.717) is 12.2 Å². The van der Waals surface area contributed by atoms with Crippen LogP contribution in [0.15, 0.2) is 47.6 Å². The van der Waals surface area contributed by atoms with Crippen LogP contribution in [0.3, 0.4) is 0 Å². The molecule has 0 atom stereocenters. The number of anilines is 2. The lowest BCUT2D eigenvalue weighted by molar-refractivity contribution is -0.274. The summed E-state index contributed by atoms with van der Waals surface area (Å²) in [6.07, 6.45) is -2.96. The Bertz CT molecular complexity index is 839. The summed E-state index contributed by atoms with van der Waals surface area (Å²) in [4.78, 5) is 13.3. The highest BCUT2D eigenvalue weighted by atomic mass is 127. The molecule has 2 aromatic rings. The minimum atomic E-state index is -4.72. The number of piperazine rings is 1. The van der Waals surface area contributed by atoms with Gasteiger partial charge in [-0.05, 0) is 37.4 Å². The molecule has 3 rings (SSSR count). The summed E-state index contributed by atoms with van der Waals surface area (Å²) in [7, 11) is 2.09. The van der Waals surface area contributed by atoms with E-state index < -0.39 is 6.36 Å². The smallest absolute Gasteiger partial charge is 0.406 e. The Morgan fingerprint density at radius 2 is 1.83 bits per heavy atom. The monoisotopic (exact) mass is 536 g/mol. The lowest BCUT2D eigenvalue weighted by Crippen LogP contribution is -2.45. The number of ether oxygens (including phenoxy) is 1. The molecule has 11 heteroatoms. The molecule has 0 spiro atoms. The fraction of sp³-hybridized carbons (Fsp3) is 0.368. The fourth-order valence-corrected chi connectivity index (χ4v) is 2.95. The number of alkyl halides is 3. The topological polar surface area (TPSA) is 79.0 Å². The van der Waals surface area contributed by atoms with Gasteiger partial charge in [-0.15, -0.1) is 37.1 Å². The largest absolute Gasteiger partial charge is 0.573 e. The van der Waals surface area contributed by atoms with Crippen molar-refractivity contribution in [3.63, 3.8) is 0 Å². The first-order valence-corrected chi connectivity index (χ1v) is 9.10. The highest BCUT2D eigenvalue weighted by Gasteiger charge is 2.30. The molecule has 1 aromatic heterocycles. The van der Waals surface area contributed by atoms with E-state index >= 15 is 0 Å². The van der Waals surface area contributed by atoms with Crippen molar-refractivity contribution < 1.29 is 17.9 Å². The summed E-state index contributed by atoms with van der Waals surface area (Å²) < 4.78 is 40.5.